The predicted molar refractivity (Wildman–Crippen MR) is 65.8 cm³/mol. The van der Waals surface area contributed by atoms with Crippen molar-refractivity contribution in [3.05, 3.63) is 35.9 Å². The van der Waals surface area contributed by atoms with Gasteiger partial charge in [-0.2, -0.15) is 0 Å². The summed E-state index contributed by atoms with van der Waals surface area (Å²) in [5.41, 5.74) is 6.38. The number of rotatable bonds is 4. The highest BCUT2D eigenvalue weighted by atomic mass is 16.1. The van der Waals surface area contributed by atoms with Gasteiger partial charge in [-0.1, -0.05) is 51.1 Å². The van der Waals surface area contributed by atoms with Gasteiger partial charge in [0.1, 0.15) is 0 Å². The number of carbonyl (C=O) groups excluding carboxylic acids is 1. The molecule has 3 heteroatoms. The molecule has 0 heterocycles. The Hall–Kier alpha value is -1.35. The Morgan fingerprint density at radius 2 is 1.88 bits per heavy atom. The van der Waals surface area contributed by atoms with Crippen LogP contribution in [0.4, 0.5) is 0 Å². The van der Waals surface area contributed by atoms with Crippen LogP contribution in [0.15, 0.2) is 30.3 Å². The van der Waals surface area contributed by atoms with Gasteiger partial charge in [0.05, 0.1) is 6.54 Å². The first-order valence-corrected chi connectivity index (χ1v) is 5.48. The topological polar surface area (TPSA) is 55.1 Å². The molecule has 0 saturated heterocycles. The molecule has 0 radical (unpaired) electrons. The van der Waals surface area contributed by atoms with E-state index in [1.165, 1.54) is 5.56 Å². The molecule has 1 aromatic carbocycles. The number of primary amides is 1. The van der Waals surface area contributed by atoms with Crippen LogP contribution in [-0.4, -0.2) is 12.5 Å². The Morgan fingerprint density at radius 1 is 1.31 bits per heavy atom. The Bertz CT molecular complexity index is 341. The second-order valence-corrected chi connectivity index (χ2v) is 5.06. The monoisotopic (exact) mass is 220 g/mol. The molecule has 0 aliphatic rings. The van der Waals surface area contributed by atoms with Crippen molar-refractivity contribution in [2.75, 3.05) is 6.54 Å². The number of hydrogen-bond acceptors (Lipinski definition) is 2. The first-order valence-electron chi connectivity index (χ1n) is 5.48. The lowest BCUT2D eigenvalue weighted by molar-refractivity contribution is -0.117. The smallest absolute Gasteiger partial charge is 0.231 e. The number of carbonyl (C=O) groups is 1. The van der Waals surface area contributed by atoms with Crippen molar-refractivity contribution < 1.29 is 4.79 Å². The Morgan fingerprint density at radius 3 is 2.31 bits per heavy atom. The molecule has 16 heavy (non-hydrogen) atoms. The molecule has 1 aromatic rings. The first kappa shape index (κ1) is 12.7. The van der Waals surface area contributed by atoms with Gasteiger partial charge in [0.25, 0.3) is 0 Å². The van der Waals surface area contributed by atoms with Crippen molar-refractivity contribution in [1.82, 2.24) is 5.32 Å². The van der Waals surface area contributed by atoms with Crippen LogP contribution in [-0.2, 0) is 4.79 Å². The van der Waals surface area contributed by atoms with Crippen LogP contribution in [0, 0.1) is 5.41 Å². The molecule has 0 aliphatic carbocycles. The van der Waals surface area contributed by atoms with E-state index < -0.39 is 0 Å². The predicted octanol–water partition coefficient (Wildman–Crippen LogP) is 1.85. The quantitative estimate of drug-likeness (QED) is 0.813. The summed E-state index contributed by atoms with van der Waals surface area (Å²) in [7, 11) is 0. The van der Waals surface area contributed by atoms with Crippen molar-refractivity contribution in [3.63, 3.8) is 0 Å². The maximum Gasteiger partial charge on any atom is 0.231 e. The van der Waals surface area contributed by atoms with Gasteiger partial charge in [-0.05, 0) is 11.0 Å². The van der Waals surface area contributed by atoms with Crippen LogP contribution < -0.4 is 11.1 Å². The van der Waals surface area contributed by atoms with Gasteiger partial charge in [-0.3, -0.25) is 4.79 Å². The Balaban J connectivity index is 2.84. The van der Waals surface area contributed by atoms with Crippen molar-refractivity contribution in [2.24, 2.45) is 11.1 Å². The summed E-state index contributed by atoms with van der Waals surface area (Å²) in [6.07, 6.45) is 0. The minimum atomic E-state index is -0.329. The molecule has 0 saturated carbocycles. The average molecular weight is 220 g/mol. The van der Waals surface area contributed by atoms with Gasteiger partial charge in [0, 0.05) is 6.04 Å². The van der Waals surface area contributed by atoms with E-state index in [0.29, 0.717) is 0 Å². The molecular weight excluding hydrogens is 200 g/mol. The Labute approximate surface area is 97.0 Å². The summed E-state index contributed by atoms with van der Waals surface area (Å²) in [4.78, 5) is 10.8. The van der Waals surface area contributed by atoms with Gasteiger partial charge < -0.3 is 11.1 Å². The van der Waals surface area contributed by atoms with Gasteiger partial charge in [0.2, 0.25) is 5.91 Å². The third-order valence-corrected chi connectivity index (χ3v) is 2.48. The molecular formula is C13H20N2O. The van der Waals surface area contributed by atoms with Gasteiger partial charge >= 0.3 is 0 Å². The molecule has 0 aromatic heterocycles. The van der Waals surface area contributed by atoms with Gasteiger partial charge in [-0.15, -0.1) is 0 Å². The third kappa shape index (κ3) is 3.66. The lowest BCUT2D eigenvalue weighted by Gasteiger charge is -2.31. The zero-order valence-electron chi connectivity index (χ0n) is 10.2. The van der Waals surface area contributed by atoms with Crippen LogP contribution in [0.1, 0.15) is 32.4 Å². The molecule has 1 rings (SSSR count). The van der Waals surface area contributed by atoms with E-state index >= 15 is 0 Å². The molecule has 0 aliphatic heterocycles. The van der Waals surface area contributed by atoms with Gasteiger partial charge in [0.15, 0.2) is 0 Å². The highest BCUT2D eigenvalue weighted by molar-refractivity contribution is 5.75. The number of hydrogen-bond donors (Lipinski definition) is 2. The van der Waals surface area contributed by atoms with Crippen LogP contribution in [0.2, 0.25) is 0 Å². The molecule has 0 unspecified atom stereocenters. The lowest BCUT2D eigenvalue weighted by Crippen LogP contribution is -2.37. The van der Waals surface area contributed by atoms with Crippen LogP contribution in [0.25, 0.3) is 0 Å². The van der Waals surface area contributed by atoms with E-state index in [9.17, 15) is 4.79 Å². The lowest BCUT2D eigenvalue weighted by atomic mass is 9.82. The average Bonchev–Trinajstić information content (AvgIpc) is 2.17. The highest BCUT2D eigenvalue weighted by Gasteiger charge is 2.25. The number of nitrogens with one attached hydrogen (secondary N) is 1. The largest absolute Gasteiger partial charge is 0.369 e. The molecule has 0 spiro atoms. The summed E-state index contributed by atoms with van der Waals surface area (Å²) in [5.74, 6) is -0.329. The third-order valence-electron chi connectivity index (χ3n) is 2.48. The summed E-state index contributed by atoms with van der Waals surface area (Å²) in [5, 5.41) is 3.20. The molecule has 0 bridgehead atoms. The minimum absolute atomic E-state index is 0.0385. The number of nitrogens with two attached hydrogens (primary N) is 1. The highest BCUT2D eigenvalue weighted by Crippen LogP contribution is 2.32. The van der Waals surface area contributed by atoms with Crippen LogP contribution >= 0.6 is 0 Å². The second-order valence-electron chi connectivity index (χ2n) is 5.06. The fraction of sp³-hybridized carbons (Fsp3) is 0.462. The van der Waals surface area contributed by atoms with E-state index in [-0.39, 0.29) is 23.9 Å². The fourth-order valence-electron chi connectivity index (χ4n) is 1.77. The Kier molecular flexibility index (Phi) is 4.07. The zero-order chi connectivity index (χ0) is 12.2. The standard InChI is InChI=1S/C13H20N2O/c1-13(2,3)12(15-9-11(14)16)10-7-5-4-6-8-10/h4-8,12,15H,9H2,1-3H3,(H2,14,16)/t12-/m1/s1. The maximum atomic E-state index is 10.8. The van der Waals surface area contributed by atoms with Crippen molar-refractivity contribution in [3.8, 4) is 0 Å². The molecule has 0 fully saturated rings. The van der Waals surface area contributed by atoms with Crippen LogP contribution in [0.3, 0.4) is 0 Å². The number of benzene rings is 1. The zero-order valence-corrected chi connectivity index (χ0v) is 10.2. The fourth-order valence-corrected chi connectivity index (χ4v) is 1.77. The van der Waals surface area contributed by atoms with Gasteiger partial charge in [-0.25, -0.2) is 0 Å². The second kappa shape index (κ2) is 5.12. The van der Waals surface area contributed by atoms with Crippen molar-refractivity contribution in [2.45, 2.75) is 26.8 Å². The number of amides is 1. The van der Waals surface area contributed by atoms with E-state index in [1.807, 2.05) is 18.2 Å². The summed E-state index contributed by atoms with van der Waals surface area (Å²) in [6, 6.07) is 10.2. The molecule has 88 valence electrons. The van der Waals surface area contributed by atoms with Crippen molar-refractivity contribution in [1.29, 1.82) is 0 Å². The van der Waals surface area contributed by atoms with E-state index in [2.05, 4.69) is 38.2 Å². The molecule has 1 amide bonds. The SMILES string of the molecule is CC(C)(C)[C@H](NCC(N)=O)c1ccccc1. The molecule has 3 nitrogen and oxygen atoms in total. The molecule has 3 N–H and O–H groups in total. The van der Waals surface area contributed by atoms with Crippen molar-refractivity contribution >= 4 is 5.91 Å². The van der Waals surface area contributed by atoms with Crippen LogP contribution in [0.5, 0.6) is 0 Å². The van der Waals surface area contributed by atoms with E-state index in [4.69, 9.17) is 5.73 Å². The molecule has 1 atom stereocenters. The minimum Gasteiger partial charge on any atom is -0.369 e. The van der Waals surface area contributed by atoms with E-state index in [0.717, 1.165) is 0 Å². The normalized spacial score (nSPS) is 13.4. The first-order chi connectivity index (χ1) is 7.41. The summed E-state index contributed by atoms with van der Waals surface area (Å²) >= 11 is 0. The maximum absolute atomic E-state index is 10.8. The summed E-state index contributed by atoms with van der Waals surface area (Å²) in [6.45, 7) is 6.62. The van der Waals surface area contributed by atoms with E-state index in [1.54, 1.807) is 0 Å². The summed E-state index contributed by atoms with van der Waals surface area (Å²) < 4.78 is 0.